The van der Waals surface area contributed by atoms with Gasteiger partial charge in [0.25, 0.3) is 0 Å². The first-order valence-electron chi connectivity index (χ1n) is 5.61. The first-order valence-corrected chi connectivity index (χ1v) is 5.61. The highest BCUT2D eigenvalue weighted by atomic mass is 19.4. The molecule has 1 aromatic rings. The Labute approximate surface area is 111 Å². The molecule has 0 amide bonds. The minimum absolute atomic E-state index is 0.0108. The van der Waals surface area contributed by atoms with Crippen LogP contribution in [-0.2, 0) is 17.1 Å². The summed E-state index contributed by atoms with van der Waals surface area (Å²) in [6.45, 7) is 1.39. The van der Waals surface area contributed by atoms with Crippen molar-refractivity contribution in [2.75, 3.05) is 13.2 Å². The molecule has 0 aliphatic heterocycles. The number of ether oxygens (including phenoxy) is 1. The van der Waals surface area contributed by atoms with Gasteiger partial charge in [0, 0.05) is 6.61 Å². The number of alkyl halides is 6. The Balaban J connectivity index is 3.24. The van der Waals surface area contributed by atoms with Gasteiger partial charge in [-0.15, -0.1) is 0 Å². The molecule has 0 aromatic heterocycles. The van der Waals surface area contributed by atoms with E-state index >= 15 is 0 Å². The largest absolute Gasteiger partial charge is 0.416 e. The first-order chi connectivity index (χ1) is 9.05. The maximum absolute atomic E-state index is 12.6. The number of aliphatic hydroxyl groups excluding tert-OH is 1. The van der Waals surface area contributed by atoms with Crippen molar-refractivity contribution < 1.29 is 36.2 Å². The normalized spacial score (nSPS) is 14.4. The maximum atomic E-state index is 12.6. The third-order valence-corrected chi connectivity index (χ3v) is 2.47. The van der Waals surface area contributed by atoms with Crippen LogP contribution in [-0.4, -0.2) is 18.3 Å². The molecule has 0 bridgehead atoms. The monoisotopic (exact) mass is 302 g/mol. The molecule has 0 aliphatic carbocycles. The number of hydrogen-bond donors (Lipinski definition) is 1. The minimum atomic E-state index is -4.93. The van der Waals surface area contributed by atoms with Crippen LogP contribution in [0.4, 0.5) is 26.3 Å². The third kappa shape index (κ3) is 4.38. The Kier molecular flexibility index (Phi) is 5.04. The molecule has 0 heterocycles. The molecule has 1 aromatic carbocycles. The molecular weight excluding hydrogens is 290 g/mol. The Hall–Kier alpha value is -1.28. The lowest BCUT2D eigenvalue weighted by Crippen LogP contribution is -2.14. The zero-order valence-corrected chi connectivity index (χ0v) is 10.3. The van der Waals surface area contributed by atoms with Gasteiger partial charge in [-0.2, -0.15) is 26.3 Å². The summed E-state index contributed by atoms with van der Waals surface area (Å²) in [5.74, 6) is 0. The van der Waals surface area contributed by atoms with E-state index < -0.39 is 35.1 Å². The fourth-order valence-corrected chi connectivity index (χ4v) is 1.50. The van der Waals surface area contributed by atoms with Gasteiger partial charge >= 0.3 is 12.4 Å². The van der Waals surface area contributed by atoms with Crippen molar-refractivity contribution in [3.05, 3.63) is 34.9 Å². The summed E-state index contributed by atoms with van der Waals surface area (Å²) >= 11 is 0. The summed E-state index contributed by atoms with van der Waals surface area (Å²) in [6.07, 6.45) is -11.4. The zero-order chi connectivity index (χ0) is 15.6. The van der Waals surface area contributed by atoms with Crippen LogP contribution in [0.5, 0.6) is 0 Å². The van der Waals surface area contributed by atoms with Crippen LogP contribution in [0.1, 0.15) is 29.7 Å². The van der Waals surface area contributed by atoms with Crippen molar-refractivity contribution >= 4 is 0 Å². The Morgan fingerprint density at radius 1 is 1.00 bits per heavy atom. The molecule has 0 aliphatic rings. The van der Waals surface area contributed by atoms with E-state index in [1.165, 1.54) is 0 Å². The molecule has 1 N–H and O–H groups in total. The van der Waals surface area contributed by atoms with Crippen LogP contribution in [0.3, 0.4) is 0 Å². The first kappa shape index (κ1) is 16.8. The van der Waals surface area contributed by atoms with Crippen molar-refractivity contribution in [2.45, 2.75) is 25.4 Å². The fourth-order valence-electron chi connectivity index (χ4n) is 1.50. The number of halogens is 6. The van der Waals surface area contributed by atoms with Crippen molar-refractivity contribution in [3.8, 4) is 0 Å². The average molecular weight is 302 g/mol. The zero-order valence-electron chi connectivity index (χ0n) is 10.3. The van der Waals surface area contributed by atoms with E-state index in [-0.39, 0.29) is 19.3 Å². The Morgan fingerprint density at radius 2 is 1.45 bits per heavy atom. The van der Waals surface area contributed by atoms with Crippen LogP contribution in [0.15, 0.2) is 18.2 Å². The number of hydrogen-bond acceptors (Lipinski definition) is 2. The SMILES string of the molecule is CCOCC(O)c1cc(C(F)(F)F)cc(C(F)(F)F)c1. The van der Waals surface area contributed by atoms with Crippen molar-refractivity contribution in [3.63, 3.8) is 0 Å². The summed E-state index contributed by atoms with van der Waals surface area (Å²) < 4.78 is 80.2. The second-order valence-corrected chi connectivity index (χ2v) is 4.01. The van der Waals surface area contributed by atoms with E-state index in [2.05, 4.69) is 0 Å². The molecule has 0 radical (unpaired) electrons. The highest BCUT2D eigenvalue weighted by Crippen LogP contribution is 2.37. The molecule has 0 fully saturated rings. The highest BCUT2D eigenvalue weighted by Gasteiger charge is 2.37. The second-order valence-electron chi connectivity index (χ2n) is 4.01. The maximum Gasteiger partial charge on any atom is 0.416 e. The highest BCUT2D eigenvalue weighted by molar-refractivity contribution is 5.34. The van der Waals surface area contributed by atoms with Gasteiger partial charge in [-0.1, -0.05) is 0 Å². The molecule has 0 spiro atoms. The van der Waals surface area contributed by atoms with E-state index in [4.69, 9.17) is 4.74 Å². The van der Waals surface area contributed by atoms with E-state index in [9.17, 15) is 31.4 Å². The molecule has 20 heavy (non-hydrogen) atoms. The summed E-state index contributed by atoms with van der Waals surface area (Å²) in [6, 6.07) is 0.981. The van der Waals surface area contributed by atoms with Gasteiger partial charge in [-0.05, 0) is 30.7 Å². The van der Waals surface area contributed by atoms with Gasteiger partial charge in [0.1, 0.15) is 6.10 Å². The van der Waals surface area contributed by atoms with E-state index in [1.54, 1.807) is 6.92 Å². The Morgan fingerprint density at radius 3 is 1.80 bits per heavy atom. The Bertz CT molecular complexity index is 420. The molecular formula is C12H12F6O2. The fraction of sp³-hybridized carbons (Fsp3) is 0.500. The number of rotatable bonds is 4. The van der Waals surface area contributed by atoms with Gasteiger partial charge < -0.3 is 9.84 Å². The minimum Gasteiger partial charge on any atom is -0.386 e. The van der Waals surface area contributed by atoms with Crippen LogP contribution in [0.25, 0.3) is 0 Å². The van der Waals surface area contributed by atoms with Crippen molar-refractivity contribution in [1.82, 2.24) is 0 Å². The predicted molar refractivity (Wildman–Crippen MR) is 57.9 cm³/mol. The molecule has 8 heteroatoms. The standard InChI is InChI=1S/C12H12F6O2/c1-2-20-6-10(19)7-3-8(11(13,14)15)5-9(4-7)12(16,17)18/h3-5,10,19H,2,6H2,1H3. The topological polar surface area (TPSA) is 29.5 Å². The molecule has 1 rings (SSSR count). The van der Waals surface area contributed by atoms with E-state index in [1.807, 2.05) is 0 Å². The average Bonchev–Trinajstić information content (AvgIpc) is 2.33. The van der Waals surface area contributed by atoms with Crippen LogP contribution in [0, 0.1) is 0 Å². The lowest BCUT2D eigenvalue weighted by molar-refractivity contribution is -0.143. The van der Waals surface area contributed by atoms with Gasteiger partial charge in [0.15, 0.2) is 0 Å². The van der Waals surface area contributed by atoms with Gasteiger partial charge in [-0.3, -0.25) is 0 Å². The van der Waals surface area contributed by atoms with Crippen molar-refractivity contribution in [1.29, 1.82) is 0 Å². The second kappa shape index (κ2) is 6.01. The molecule has 0 saturated heterocycles. The van der Waals surface area contributed by atoms with Gasteiger partial charge in [-0.25, -0.2) is 0 Å². The van der Waals surface area contributed by atoms with Crippen LogP contribution < -0.4 is 0 Å². The molecule has 0 saturated carbocycles. The number of aliphatic hydroxyl groups is 1. The molecule has 2 nitrogen and oxygen atoms in total. The van der Waals surface area contributed by atoms with Crippen LogP contribution in [0.2, 0.25) is 0 Å². The quantitative estimate of drug-likeness (QED) is 0.857. The van der Waals surface area contributed by atoms with Gasteiger partial charge in [0.2, 0.25) is 0 Å². The number of benzene rings is 1. The predicted octanol–water partition coefficient (Wildman–Crippen LogP) is 3.79. The smallest absolute Gasteiger partial charge is 0.386 e. The lowest BCUT2D eigenvalue weighted by Gasteiger charge is -2.17. The summed E-state index contributed by atoms with van der Waals surface area (Å²) in [7, 11) is 0. The summed E-state index contributed by atoms with van der Waals surface area (Å²) in [4.78, 5) is 0. The van der Waals surface area contributed by atoms with Crippen LogP contribution >= 0.6 is 0 Å². The summed E-state index contributed by atoms with van der Waals surface area (Å²) in [5.41, 5.74) is -3.41. The third-order valence-electron chi connectivity index (χ3n) is 2.47. The van der Waals surface area contributed by atoms with E-state index in [0.29, 0.717) is 12.1 Å². The van der Waals surface area contributed by atoms with Crippen molar-refractivity contribution in [2.24, 2.45) is 0 Å². The lowest BCUT2D eigenvalue weighted by atomic mass is 10.0. The van der Waals surface area contributed by atoms with Gasteiger partial charge in [0.05, 0.1) is 17.7 Å². The van der Waals surface area contributed by atoms with E-state index in [0.717, 1.165) is 0 Å². The summed E-state index contributed by atoms with van der Waals surface area (Å²) in [5, 5.41) is 9.57. The molecule has 114 valence electrons. The molecule has 1 unspecified atom stereocenters. The molecule has 1 atom stereocenters.